The lowest BCUT2D eigenvalue weighted by molar-refractivity contribution is 0.0946. The van der Waals surface area contributed by atoms with Crippen LogP contribution >= 0.6 is 0 Å². The van der Waals surface area contributed by atoms with Gasteiger partial charge in [-0.3, -0.25) is 14.5 Å². The number of nitrogens with one attached hydrogen (secondary N) is 1. The summed E-state index contributed by atoms with van der Waals surface area (Å²) in [5.74, 6) is -1.08. The average molecular weight is 262 g/mol. The third-order valence-corrected chi connectivity index (χ3v) is 3.10. The molecule has 0 aromatic carbocycles. The van der Waals surface area contributed by atoms with Gasteiger partial charge in [-0.05, 0) is 19.9 Å². The van der Waals surface area contributed by atoms with E-state index in [1.165, 1.54) is 12.3 Å². The summed E-state index contributed by atoms with van der Waals surface area (Å²) in [6.45, 7) is 4.13. The van der Waals surface area contributed by atoms with Gasteiger partial charge in [0.15, 0.2) is 5.82 Å². The van der Waals surface area contributed by atoms with Crippen molar-refractivity contribution in [2.45, 2.75) is 20.4 Å². The van der Waals surface area contributed by atoms with Crippen LogP contribution in [0.25, 0.3) is 0 Å². The highest BCUT2D eigenvalue weighted by atomic mass is 19.1. The predicted octanol–water partition coefficient (Wildman–Crippen LogP) is 1.50. The lowest BCUT2D eigenvalue weighted by atomic mass is 10.2. The minimum atomic E-state index is -0.625. The normalized spacial score (nSPS) is 10.5. The van der Waals surface area contributed by atoms with Crippen LogP contribution in [0.4, 0.5) is 4.39 Å². The lowest BCUT2D eigenvalue weighted by Gasteiger charge is -2.06. The summed E-state index contributed by atoms with van der Waals surface area (Å²) in [6.07, 6.45) is 2.41. The van der Waals surface area contributed by atoms with E-state index in [2.05, 4.69) is 15.4 Å². The molecule has 6 heteroatoms. The molecular formula is C13H15FN4O. The van der Waals surface area contributed by atoms with Crippen LogP contribution in [0.15, 0.2) is 18.5 Å². The van der Waals surface area contributed by atoms with Gasteiger partial charge in [0.25, 0.3) is 5.91 Å². The topological polar surface area (TPSA) is 59.8 Å². The first-order valence-electron chi connectivity index (χ1n) is 5.87. The summed E-state index contributed by atoms with van der Waals surface area (Å²) in [4.78, 5) is 15.5. The van der Waals surface area contributed by atoms with Gasteiger partial charge in [-0.2, -0.15) is 5.10 Å². The molecule has 2 aromatic rings. The number of carbonyl (C=O) groups is 1. The number of carbonyl (C=O) groups excluding carboxylic acids is 1. The lowest BCUT2D eigenvalue weighted by Crippen LogP contribution is -2.24. The van der Waals surface area contributed by atoms with Gasteiger partial charge in [0, 0.05) is 31.0 Å². The van der Waals surface area contributed by atoms with Crippen molar-refractivity contribution in [1.29, 1.82) is 0 Å². The van der Waals surface area contributed by atoms with Crippen molar-refractivity contribution in [3.8, 4) is 0 Å². The Balaban J connectivity index is 2.11. The Bertz CT molecular complexity index is 621. The first kappa shape index (κ1) is 13.2. The summed E-state index contributed by atoms with van der Waals surface area (Å²) in [7, 11) is 1.84. The second-order valence-electron chi connectivity index (χ2n) is 4.31. The van der Waals surface area contributed by atoms with Crippen molar-refractivity contribution in [3.63, 3.8) is 0 Å². The van der Waals surface area contributed by atoms with Crippen LogP contribution in [0.2, 0.25) is 0 Å². The third-order valence-electron chi connectivity index (χ3n) is 3.10. The number of hydrogen-bond donors (Lipinski definition) is 1. The minimum absolute atomic E-state index is 0.00537. The number of halogens is 1. The van der Waals surface area contributed by atoms with E-state index in [1.807, 2.05) is 20.9 Å². The molecule has 0 bridgehead atoms. The summed E-state index contributed by atoms with van der Waals surface area (Å²) in [5, 5.41) is 6.95. The highest BCUT2D eigenvalue weighted by molar-refractivity contribution is 5.94. The van der Waals surface area contributed by atoms with E-state index in [-0.39, 0.29) is 5.56 Å². The summed E-state index contributed by atoms with van der Waals surface area (Å²) < 4.78 is 15.1. The van der Waals surface area contributed by atoms with Crippen LogP contribution in [-0.2, 0) is 13.6 Å². The molecule has 0 saturated heterocycles. The fourth-order valence-corrected chi connectivity index (χ4v) is 1.90. The SMILES string of the molecule is Cc1nn(C)c(C)c1CNC(=O)c1ccncc1F. The molecule has 0 aliphatic heterocycles. The van der Waals surface area contributed by atoms with Crippen molar-refractivity contribution in [3.05, 3.63) is 46.8 Å². The van der Waals surface area contributed by atoms with E-state index >= 15 is 0 Å². The van der Waals surface area contributed by atoms with Crippen molar-refractivity contribution >= 4 is 5.91 Å². The summed E-state index contributed by atoms with van der Waals surface area (Å²) in [5.41, 5.74) is 2.78. The summed E-state index contributed by atoms with van der Waals surface area (Å²) in [6, 6.07) is 1.35. The Labute approximate surface area is 110 Å². The number of pyridine rings is 1. The number of rotatable bonds is 3. The smallest absolute Gasteiger partial charge is 0.254 e. The minimum Gasteiger partial charge on any atom is -0.348 e. The molecule has 0 radical (unpaired) electrons. The van der Waals surface area contributed by atoms with Gasteiger partial charge in [0.1, 0.15) is 0 Å². The van der Waals surface area contributed by atoms with Gasteiger partial charge < -0.3 is 5.32 Å². The van der Waals surface area contributed by atoms with E-state index < -0.39 is 11.7 Å². The first-order valence-corrected chi connectivity index (χ1v) is 5.87. The van der Waals surface area contributed by atoms with Crippen LogP contribution in [0, 0.1) is 19.7 Å². The predicted molar refractivity (Wildman–Crippen MR) is 68.0 cm³/mol. The molecule has 5 nitrogen and oxygen atoms in total. The maximum atomic E-state index is 13.4. The van der Waals surface area contributed by atoms with Gasteiger partial charge in [-0.1, -0.05) is 0 Å². The average Bonchev–Trinajstić information content (AvgIpc) is 2.61. The molecule has 2 aromatic heterocycles. The molecule has 100 valence electrons. The molecule has 0 fully saturated rings. The van der Waals surface area contributed by atoms with Crippen molar-refractivity contribution in [1.82, 2.24) is 20.1 Å². The molecule has 1 N–H and O–H groups in total. The molecule has 0 spiro atoms. The highest BCUT2D eigenvalue weighted by Crippen LogP contribution is 2.12. The van der Waals surface area contributed by atoms with Gasteiger partial charge >= 0.3 is 0 Å². The zero-order valence-electron chi connectivity index (χ0n) is 11.1. The largest absolute Gasteiger partial charge is 0.348 e. The number of nitrogens with zero attached hydrogens (tertiary/aromatic N) is 3. The monoisotopic (exact) mass is 262 g/mol. The standard InChI is InChI=1S/C13H15FN4O/c1-8-11(9(2)18(3)17-8)6-16-13(19)10-4-5-15-7-12(10)14/h4-5,7H,6H2,1-3H3,(H,16,19). The van der Waals surface area contributed by atoms with Crippen LogP contribution in [0.1, 0.15) is 27.3 Å². The van der Waals surface area contributed by atoms with E-state index in [0.29, 0.717) is 6.54 Å². The van der Waals surface area contributed by atoms with E-state index in [0.717, 1.165) is 23.1 Å². The number of aryl methyl sites for hydroxylation is 2. The van der Waals surface area contributed by atoms with Crippen LogP contribution < -0.4 is 5.32 Å². The Morgan fingerprint density at radius 3 is 2.79 bits per heavy atom. The maximum Gasteiger partial charge on any atom is 0.254 e. The zero-order chi connectivity index (χ0) is 14.0. The Morgan fingerprint density at radius 2 is 2.21 bits per heavy atom. The second kappa shape index (κ2) is 5.17. The number of aromatic nitrogens is 3. The molecule has 0 aliphatic rings. The van der Waals surface area contributed by atoms with Crippen LogP contribution in [0.3, 0.4) is 0 Å². The maximum absolute atomic E-state index is 13.4. The Kier molecular flexibility index (Phi) is 3.59. The molecule has 0 atom stereocenters. The third kappa shape index (κ3) is 2.62. The molecule has 2 rings (SSSR count). The van der Waals surface area contributed by atoms with E-state index in [4.69, 9.17) is 0 Å². The van der Waals surface area contributed by atoms with Crippen LogP contribution in [0.5, 0.6) is 0 Å². The molecule has 19 heavy (non-hydrogen) atoms. The van der Waals surface area contributed by atoms with Gasteiger partial charge in [-0.15, -0.1) is 0 Å². The van der Waals surface area contributed by atoms with Gasteiger partial charge in [0.05, 0.1) is 17.5 Å². The van der Waals surface area contributed by atoms with Crippen LogP contribution in [-0.4, -0.2) is 20.7 Å². The molecule has 1 amide bonds. The van der Waals surface area contributed by atoms with Gasteiger partial charge in [-0.25, -0.2) is 4.39 Å². The highest BCUT2D eigenvalue weighted by Gasteiger charge is 2.14. The van der Waals surface area contributed by atoms with Crippen molar-refractivity contribution in [2.75, 3.05) is 0 Å². The second-order valence-corrected chi connectivity index (χ2v) is 4.31. The number of hydrogen-bond acceptors (Lipinski definition) is 3. The molecule has 0 saturated carbocycles. The van der Waals surface area contributed by atoms with E-state index in [1.54, 1.807) is 4.68 Å². The quantitative estimate of drug-likeness (QED) is 0.912. The van der Waals surface area contributed by atoms with Crippen molar-refractivity contribution in [2.24, 2.45) is 7.05 Å². The number of amides is 1. The Hall–Kier alpha value is -2.24. The zero-order valence-corrected chi connectivity index (χ0v) is 11.1. The molecule has 0 unspecified atom stereocenters. The van der Waals surface area contributed by atoms with Crippen molar-refractivity contribution < 1.29 is 9.18 Å². The summed E-state index contributed by atoms with van der Waals surface area (Å²) >= 11 is 0. The van der Waals surface area contributed by atoms with E-state index in [9.17, 15) is 9.18 Å². The fourth-order valence-electron chi connectivity index (χ4n) is 1.90. The molecule has 0 aliphatic carbocycles. The Morgan fingerprint density at radius 1 is 1.47 bits per heavy atom. The fraction of sp³-hybridized carbons (Fsp3) is 0.308. The van der Waals surface area contributed by atoms with Gasteiger partial charge in [0.2, 0.25) is 0 Å². The first-order chi connectivity index (χ1) is 9.00. The molecular weight excluding hydrogens is 247 g/mol. The molecule has 2 heterocycles.